The summed E-state index contributed by atoms with van der Waals surface area (Å²) in [5, 5.41) is 4.42. The van der Waals surface area contributed by atoms with Crippen LogP contribution in [0, 0.1) is 0 Å². The van der Waals surface area contributed by atoms with Crippen molar-refractivity contribution >= 4 is 5.82 Å². The van der Waals surface area contributed by atoms with Crippen LogP contribution in [-0.4, -0.2) is 34.8 Å². The van der Waals surface area contributed by atoms with Gasteiger partial charge in [0.15, 0.2) is 0 Å². The minimum atomic E-state index is 0.694. The Hall–Kier alpha value is -1.81. The monoisotopic (exact) mass is 270 g/mol. The molecule has 1 aromatic heterocycles. The first-order chi connectivity index (χ1) is 9.63. The molecule has 4 nitrogen and oxygen atoms in total. The Kier molecular flexibility index (Phi) is 3.49. The molecule has 0 amide bonds. The van der Waals surface area contributed by atoms with Crippen LogP contribution < -0.4 is 5.73 Å². The SMILES string of the molecule is CN1CCC(c2ccc(-c3cc(N)n(C)n3)cc2)CC1. The molecule has 0 bridgehead atoms. The van der Waals surface area contributed by atoms with Crippen LogP contribution in [0.5, 0.6) is 0 Å². The fourth-order valence-electron chi connectivity index (χ4n) is 2.89. The average Bonchev–Trinajstić information content (AvgIpc) is 2.80. The summed E-state index contributed by atoms with van der Waals surface area (Å²) in [6, 6.07) is 10.7. The molecular weight excluding hydrogens is 248 g/mol. The van der Waals surface area contributed by atoms with Gasteiger partial charge in [-0.15, -0.1) is 0 Å². The van der Waals surface area contributed by atoms with Crippen molar-refractivity contribution in [3.8, 4) is 11.3 Å². The number of nitrogens with two attached hydrogens (primary N) is 1. The molecule has 1 saturated heterocycles. The molecule has 1 aromatic carbocycles. The molecule has 0 saturated carbocycles. The van der Waals surface area contributed by atoms with Gasteiger partial charge in [0.05, 0.1) is 5.69 Å². The summed E-state index contributed by atoms with van der Waals surface area (Å²) in [6.45, 7) is 2.40. The van der Waals surface area contributed by atoms with E-state index in [4.69, 9.17) is 5.73 Å². The molecule has 1 aliphatic heterocycles. The highest BCUT2D eigenvalue weighted by Gasteiger charge is 2.18. The molecule has 2 aromatic rings. The quantitative estimate of drug-likeness (QED) is 0.912. The lowest BCUT2D eigenvalue weighted by Gasteiger charge is -2.29. The van der Waals surface area contributed by atoms with Gasteiger partial charge in [-0.25, -0.2) is 0 Å². The lowest BCUT2D eigenvalue weighted by molar-refractivity contribution is 0.255. The van der Waals surface area contributed by atoms with Gasteiger partial charge in [-0.3, -0.25) is 4.68 Å². The number of nitrogen functional groups attached to an aromatic ring is 1. The zero-order valence-corrected chi connectivity index (χ0v) is 12.2. The number of piperidine rings is 1. The highest BCUT2D eigenvalue weighted by atomic mass is 15.3. The van der Waals surface area contributed by atoms with Gasteiger partial charge in [-0.1, -0.05) is 24.3 Å². The molecule has 4 heteroatoms. The maximum Gasteiger partial charge on any atom is 0.121 e. The first-order valence-electron chi connectivity index (χ1n) is 7.22. The number of nitrogens with zero attached hydrogens (tertiary/aromatic N) is 3. The summed E-state index contributed by atoms with van der Waals surface area (Å²) >= 11 is 0. The molecule has 1 fully saturated rings. The van der Waals surface area contributed by atoms with Crippen LogP contribution in [0.1, 0.15) is 24.3 Å². The van der Waals surface area contributed by atoms with Crippen LogP contribution in [-0.2, 0) is 7.05 Å². The Labute approximate surface area is 120 Å². The number of rotatable bonds is 2. The van der Waals surface area contributed by atoms with Crippen molar-refractivity contribution in [2.24, 2.45) is 7.05 Å². The van der Waals surface area contributed by atoms with Gasteiger partial charge >= 0.3 is 0 Å². The zero-order valence-electron chi connectivity index (χ0n) is 12.2. The van der Waals surface area contributed by atoms with Gasteiger partial charge in [-0.2, -0.15) is 5.10 Å². The third-order valence-electron chi connectivity index (χ3n) is 4.31. The van der Waals surface area contributed by atoms with E-state index >= 15 is 0 Å². The average molecular weight is 270 g/mol. The molecule has 0 aliphatic carbocycles. The molecule has 106 valence electrons. The van der Waals surface area contributed by atoms with Gasteiger partial charge in [0.1, 0.15) is 5.82 Å². The van der Waals surface area contributed by atoms with Crippen LogP contribution in [0.2, 0.25) is 0 Å². The van der Waals surface area contributed by atoms with E-state index in [-0.39, 0.29) is 0 Å². The molecule has 0 atom stereocenters. The summed E-state index contributed by atoms with van der Waals surface area (Å²) in [7, 11) is 4.07. The maximum absolute atomic E-state index is 5.83. The molecule has 2 N–H and O–H groups in total. The van der Waals surface area contributed by atoms with Crippen molar-refractivity contribution in [3.63, 3.8) is 0 Å². The molecule has 2 heterocycles. The van der Waals surface area contributed by atoms with Crippen LogP contribution in [0.25, 0.3) is 11.3 Å². The first-order valence-corrected chi connectivity index (χ1v) is 7.22. The lowest BCUT2D eigenvalue weighted by atomic mass is 9.89. The second-order valence-electron chi connectivity index (χ2n) is 5.78. The normalized spacial score (nSPS) is 17.5. The highest BCUT2D eigenvalue weighted by molar-refractivity contribution is 5.62. The molecule has 1 aliphatic rings. The Morgan fingerprint density at radius 3 is 2.30 bits per heavy atom. The number of hydrogen-bond acceptors (Lipinski definition) is 3. The third-order valence-corrected chi connectivity index (χ3v) is 4.31. The molecular formula is C16H22N4. The maximum atomic E-state index is 5.83. The summed E-state index contributed by atoms with van der Waals surface area (Å²) in [4.78, 5) is 2.40. The Morgan fingerprint density at radius 1 is 1.10 bits per heavy atom. The van der Waals surface area contributed by atoms with Crippen LogP contribution in [0.4, 0.5) is 5.82 Å². The topological polar surface area (TPSA) is 47.1 Å². The van der Waals surface area contributed by atoms with Gasteiger partial charge < -0.3 is 10.6 Å². The Bertz CT molecular complexity index is 558. The van der Waals surface area contributed by atoms with Crippen molar-refractivity contribution in [1.82, 2.24) is 14.7 Å². The van der Waals surface area contributed by atoms with Gasteiger partial charge in [-0.05, 0) is 44.5 Å². The number of likely N-dealkylation sites (tertiary alicyclic amines) is 1. The largest absolute Gasteiger partial charge is 0.384 e. The second-order valence-corrected chi connectivity index (χ2v) is 5.78. The van der Waals surface area contributed by atoms with E-state index in [1.807, 2.05) is 13.1 Å². The van der Waals surface area contributed by atoms with Gasteiger partial charge in [0.25, 0.3) is 0 Å². The second kappa shape index (κ2) is 5.29. The summed E-state index contributed by atoms with van der Waals surface area (Å²) in [5.41, 5.74) is 9.36. The van der Waals surface area contributed by atoms with E-state index in [9.17, 15) is 0 Å². The predicted molar refractivity (Wildman–Crippen MR) is 82.5 cm³/mol. The lowest BCUT2D eigenvalue weighted by Crippen LogP contribution is -2.29. The van der Waals surface area contributed by atoms with Crippen LogP contribution in [0.15, 0.2) is 30.3 Å². The molecule has 0 spiro atoms. The number of aryl methyl sites for hydroxylation is 1. The molecule has 3 rings (SSSR count). The van der Waals surface area contributed by atoms with E-state index in [1.54, 1.807) is 4.68 Å². The minimum Gasteiger partial charge on any atom is -0.384 e. The number of hydrogen-bond donors (Lipinski definition) is 1. The third kappa shape index (κ3) is 2.56. The van der Waals surface area contributed by atoms with Crippen LogP contribution in [0.3, 0.4) is 0 Å². The molecule has 0 radical (unpaired) electrons. The van der Waals surface area contributed by atoms with Crippen molar-refractivity contribution in [3.05, 3.63) is 35.9 Å². The number of aromatic nitrogens is 2. The van der Waals surface area contributed by atoms with Gasteiger partial charge in [0, 0.05) is 18.7 Å². The van der Waals surface area contributed by atoms with E-state index in [1.165, 1.54) is 31.5 Å². The number of benzene rings is 1. The summed E-state index contributed by atoms with van der Waals surface area (Å²) in [5.74, 6) is 1.40. The smallest absolute Gasteiger partial charge is 0.121 e. The van der Waals surface area contributed by atoms with E-state index < -0.39 is 0 Å². The zero-order chi connectivity index (χ0) is 14.1. The Morgan fingerprint density at radius 2 is 1.75 bits per heavy atom. The van der Waals surface area contributed by atoms with E-state index in [0.29, 0.717) is 11.7 Å². The van der Waals surface area contributed by atoms with Crippen molar-refractivity contribution in [2.45, 2.75) is 18.8 Å². The molecule has 20 heavy (non-hydrogen) atoms. The van der Waals surface area contributed by atoms with Crippen molar-refractivity contribution in [2.75, 3.05) is 25.9 Å². The van der Waals surface area contributed by atoms with Crippen molar-refractivity contribution < 1.29 is 0 Å². The molecule has 0 unspecified atom stereocenters. The Balaban J connectivity index is 1.77. The van der Waals surface area contributed by atoms with Gasteiger partial charge in [0.2, 0.25) is 0 Å². The summed E-state index contributed by atoms with van der Waals surface area (Å²) in [6.07, 6.45) is 2.51. The van der Waals surface area contributed by atoms with E-state index in [2.05, 4.69) is 41.3 Å². The predicted octanol–water partition coefficient (Wildman–Crippen LogP) is 2.48. The minimum absolute atomic E-state index is 0.694. The van der Waals surface area contributed by atoms with Crippen molar-refractivity contribution in [1.29, 1.82) is 0 Å². The van der Waals surface area contributed by atoms with Crippen LogP contribution >= 0.6 is 0 Å². The number of anilines is 1. The van der Waals surface area contributed by atoms with E-state index in [0.717, 1.165) is 11.3 Å². The summed E-state index contributed by atoms with van der Waals surface area (Å²) < 4.78 is 1.71. The standard InChI is InChI=1S/C16H22N4/c1-19-9-7-13(8-10-19)12-3-5-14(6-4-12)15-11-16(17)20(2)18-15/h3-6,11,13H,7-10,17H2,1-2H3. The fourth-order valence-corrected chi connectivity index (χ4v) is 2.89. The highest BCUT2D eigenvalue weighted by Crippen LogP contribution is 2.29. The fraction of sp³-hybridized carbons (Fsp3) is 0.438. The first kappa shape index (κ1) is 13.2.